The van der Waals surface area contributed by atoms with E-state index in [0.717, 1.165) is 11.5 Å². The normalized spacial score (nSPS) is 11.9. The number of esters is 1. The van der Waals surface area contributed by atoms with Gasteiger partial charge in [0.2, 0.25) is 0 Å². The lowest BCUT2D eigenvalue weighted by molar-refractivity contribution is -0.136. The number of rotatable bonds is 5. The van der Waals surface area contributed by atoms with E-state index in [2.05, 4.69) is 18.6 Å². The SMILES string of the molecule is COC(=O)C(C)=CCSCC(C)C. The van der Waals surface area contributed by atoms with Gasteiger partial charge < -0.3 is 4.74 Å². The Kier molecular flexibility index (Phi) is 6.77. The molecular weight excluding hydrogens is 184 g/mol. The highest BCUT2D eigenvalue weighted by Crippen LogP contribution is 2.08. The van der Waals surface area contributed by atoms with Gasteiger partial charge in [-0.1, -0.05) is 19.9 Å². The second kappa shape index (κ2) is 7.01. The third-order valence-corrected chi connectivity index (χ3v) is 2.77. The Hall–Kier alpha value is -0.440. The molecule has 0 N–H and O–H groups in total. The van der Waals surface area contributed by atoms with Crippen molar-refractivity contribution < 1.29 is 9.53 Å². The second-order valence-electron chi connectivity index (χ2n) is 3.31. The van der Waals surface area contributed by atoms with Crippen LogP contribution in [-0.4, -0.2) is 24.6 Å². The molecule has 0 aliphatic rings. The largest absolute Gasteiger partial charge is 0.466 e. The zero-order valence-corrected chi connectivity index (χ0v) is 9.61. The van der Waals surface area contributed by atoms with Gasteiger partial charge in [-0.05, 0) is 18.6 Å². The first-order valence-electron chi connectivity index (χ1n) is 4.40. The Balaban J connectivity index is 3.65. The molecule has 0 heterocycles. The van der Waals surface area contributed by atoms with Crippen molar-refractivity contribution in [1.82, 2.24) is 0 Å². The first-order valence-corrected chi connectivity index (χ1v) is 5.56. The predicted molar refractivity (Wildman–Crippen MR) is 57.9 cm³/mol. The van der Waals surface area contributed by atoms with Gasteiger partial charge in [0.15, 0.2) is 0 Å². The fourth-order valence-corrected chi connectivity index (χ4v) is 1.71. The van der Waals surface area contributed by atoms with Crippen molar-refractivity contribution in [3.05, 3.63) is 11.6 Å². The molecule has 0 unspecified atom stereocenters. The van der Waals surface area contributed by atoms with Crippen molar-refractivity contribution in [2.45, 2.75) is 20.8 Å². The molecule has 0 amide bonds. The van der Waals surface area contributed by atoms with Crippen molar-refractivity contribution in [3.8, 4) is 0 Å². The highest BCUT2D eigenvalue weighted by atomic mass is 32.2. The molecule has 0 bridgehead atoms. The van der Waals surface area contributed by atoms with Gasteiger partial charge >= 0.3 is 5.97 Å². The van der Waals surface area contributed by atoms with Crippen LogP contribution in [0, 0.1) is 5.92 Å². The summed E-state index contributed by atoms with van der Waals surface area (Å²) >= 11 is 1.83. The molecule has 0 fully saturated rings. The van der Waals surface area contributed by atoms with Gasteiger partial charge in [0.25, 0.3) is 0 Å². The molecule has 0 saturated heterocycles. The number of hydrogen-bond acceptors (Lipinski definition) is 3. The van der Waals surface area contributed by atoms with Crippen LogP contribution in [0.2, 0.25) is 0 Å². The van der Waals surface area contributed by atoms with E-state index in [1.165, 1.54) is 7.11 Å². The van der Waals surface area contributed by atoms with Gasteiger partial charge in [-0.3, -0.25) is 0 Å². The molecule has 0 spiro atoms. The molecule has 76 valence electrons. The summed E-state index contributed by atoms with van der Waals surface area (Å²) in [5, 5.41) is 0. The molecule has 2 nitrogen and oxygen atoms in total. The monoisotopic (exact) mass is 202 g/mol. The Morgan fingerprint density at radius 2 is 2.15 bits per heavy atom. The number of carbonyl (C=O) groups is 1. The van der Waals surface area contributed by atoms with E-state index in [1.54, 1.807) is 6.92 Å². The highest BCUT2D eigenvalue weighted by molar-refractivity contribution is 7.99. The Bertz CT molecular complexity index is 185. The minimum absolute atomic E-state index is 0.231. The summed E-state index contributed by atoms with van der Waals surface area (Å²) in [5.74, 6) is 2.49. The molecule has 0 aliphatic carbocycles. The van der Waals surface area contributed by atoms with Gasteiger partial charge in [0.05, 0.1) is 7.11 Å². The van der Waals surface area contributed by atoms with Crippen molar-refractivity contribution in [2.75, 3.05) is 18.6 Å². The number of methoxy groups -OCH3 is 1. The van der Waals surface area contributed by atoms with Crippen LogP contribution >= 0.6 is 11.8 Å². The smallest absolute Gasteiger partial charge is 0.333 e. The lowest BCUT2D eigenvalue weighted by Crippen LogP contribution is -2.02. The maximum absolute atomic E-state index is 10.9. The summed E-state index contributed by atoms with van der Waals surface area (Å²) in [6.07, 6.45) is 1.92. The van der Waals surface area contributed by atoms with Gasteiger partial charge in [-0.25, -0.2) is 4.79 Å². The Morgan fingerprint density at radius 1 is 1.54 bits per heavy atom. The van der Waals surface area contributed by atoms with E-state index in [1.807, 2.05) is 17.8 Å². The van der Waals surface area contributed by atoms with E-state index in [9.17, 15) is 4.79 Å². The zero-order valence-electron chi connectivity index (χ0n) is 8.79. The van der Waals surface area contributed by atoms with Crippen LogP contribution in [0.3, 0.4) is 0 Å². The molecule has 0 rings (SSSR count). The van der Waals surface area contributed by atoms with Crippen LogP contribution in [0.25, 0.3) is 0 Å². The topological polar surface area (TPSA) is 26.3 Å². The van der Waals surface area contributed by atoms with E-state index >= 15 is 0 Å². The molecule has 13 heavy (non-hydrogen) atoms. The summed E-state index contributed by atoms with van der Waals surface area (Å²) in [6, 6.07) is 0. The van der Waals surface area contributed by atoms with Crippen molar-refractivity contribution in [1.29, 1.82) is 0 Å². The van der Waals surface area contributed by atoms with Crippen LogP contribution in [-0.2, 0) is 9.53 Å². The van der Waals surface area contributed by atoms with Crippen LogP contribution < -0.4 is 0 Å². The quantitative estimate of drug-likeness (QED) is 0.389. The van der Waals surface area contributed by atoms with Crippen LogP contribution in [0.15, 0.2) is 11.6 Å². The molecule has 0 aromatic carbocycles. The average Bonchev–Trinajstić information content (AvgIpc) is 2.10. The number of hydrogen-bond donors (Lipinski definition) is 0. The first kappa shape index (κ1) is 12.6. The highest BCUT2D eigenvalue weighted by Gasteiger charge is 2.01. The maximum atomic E-state index is 10.9. The summed E-state index contributed by atoms with van der Waals surface area (Å²) in [7, 11) is 1.40. The first-order chi connectivity index (χ1) is 6.07. The lowest BCUT2D eigenvalue weighted by Gasteiger charge is -2.02. The van der Waals surface area contributed by atoms with Crippen LogP contribution in [0.5, 0.6) is 0 Å². The second-order valence-corrected chi connectivity index (χ2v) is 4.38. The maximum Gasteiger partial charge on any atom is 0.333 e. The van der Waals surface area contributed by atoms with E-state index < -0.39 is 0 Å². The van der Waals surface area contributed by atoms with Gasteiger partial charge in [0, 0.05) is 11.3 Å². The van der Waals surface area contributed by atoms with Gasteiger partial charge in [-0.2, -0.15) is 11.8 Å². The number of ether oxygens (including phenoxy) is 1. The molecule has 0 atom stereocenters. The zero-order chi connectivity index (χ0) is 10.3. The lowest BCUT2D eigenvalue weighted by atomic mass is 10.3. The minimum Gasteiger partial charge on any atom is -0.466 e. The third-order valence-electron chi connectivity index (χ3n) is 1.47. The average molecular weight is 202 g/mol. The Morgan fingerprint density at radius 3 is 2.62 bits per heavy atom. The molecule has 0 radical (unpaired) electrons. The summed E-state index contributed by atoms with van der Waals surface area (Å²) < 4.78 is 4.57. The molecule has 0 aromatic heterocycles. The number of thioether (sulfide) groups is 1. The van der Waals surface area contributed by atoms with Crippen LogP contribution in [0.4, 0.5) is 0 Å². The minimum atomic E-state index is -0.231. The summed E-state index contributed by atoms with van der Waals surface area (Å²) in [5.41, 5.74) is 0.693. The summed E-state index contributed by atoms with van der Waals surface area (Å²) in [6.45, 7) is 6.15. The van der Waals surface area contributed by atoms with Crippen molar-refractivity contribution >= 4 is 17.7 Å². The molecule has 0 aliphatic heterocycles. The molecule has 0 aromatic rings. The van der Waals surface area contributed by atoms with Crippen LogP contribution in [0.1, 0.15) is 20.8 Å². The summed E-state index contributed by atoms with van der Waals surface area (Å²) in [4.78, 5) is 10.9. The van der Waals surface area contributed by atoms with Crippen molar-refractivity contribution in [3.63, 3.8) is 0 Å². The fourth-order valence-electron chi connectivity index (χ4n) is 0.732. The van der Waals surface area contributed by atoms with E-state index in [-0.39, 0.29) is 5.97 Å². The van der Waals surface area contributed by atoms with Gasteiger partial charge in [0.1, 0.15) is 0 Å². The van der Waals surface area contributed by atoms with E-state index in [0.29, 0.717) is 11.5 Å². The van der Waals surface area contributed by atoms with E-state index in [4.69, 9.17) is 0 Å². The predicted octanol–water partition coefficient (Wildman–Crippen LogP) is 2.49. The standard InChI is InChI=1S/C10H18O2S/c1-8(2)7-13-6-5-9(3)10(11)12-4/h5,8H,6-7H2,1-4H3. The Labute approximate surface area is 84.7 Å². The van der Waals surface area contributed by atoms with Crippen molar-refractivity contribution in [2.24, 2.45) is 5.92 Å². The number of carbonyl (C=O) groups excluding carboxylic acids is 1. The fraction of sp³-hybridized carbons (Fsp3) is 0.700. The molecular formula is C10H18O2S. The third kappa shape index (κ3) is 6.70. The molecule has 0 saturated carbocycles. The van der Waals surface area contributed by atoms with Gasteiger partial charge in [-0.15, -0.1) is 0 Å². The molecule has 3 heteroatoms.